The SMILES string of the molecule is CC(C)NC(=O)CN1C(=O)[C@H]2CCCCN2c2ccc(C(=O)N3CCCC3)cc21. The normalized spacial score (nSPS) is 21.3. The van der Waals surface area contributed by atoms with Gasteiger partial charge in [0, 0.05) is 31.2 Å². The minimum absolute atomic E-state index is 0.00472. The molecular formula is C22H30N4O3. The van der Waals surface area contributed by atoms with Gasteiger partial charge in [-0.25, -0.2) is 0 Å². The second-order valence-electron chi connectivity index (χ2n) is 8.55. The number of nitrogens with zero attached hydrogens (tertiary/aromatic N) is 3. The molecule has 7 heteroatoms. The molecule has 1 atom stereocenters. The monoisotopic (exact) mass is 398 g/mol. The van der Waals surface area contributed by atoms with Gasteiger partial charge in [0.05, 0.1) is 11.4 Å². The van der Waals surface area contributed by atoms with Crippen LogP contribution >= 0.6 is 0 Å². The largest absolute Gasteiger partial charge is 0.358 e. The number of carbonyl (C=O) groups excluding carboxylic acids is 3. The van der Waals surface area contributed by atoms with Crippen LogP contribution in [0.25, 0.3) is 0 Å². The van der Waals surface area contributed by atoms with Crippen LogP contribution in [0.15, 0.2) is 18.2 Å². The van der Waals surface area contributed by atoms with Crippen molar-refractivity contribution < 1.29 is 14.4 Å². The van der Waals surface area contributed by atoms with Crippen molar-refractivity contribution in [3.63, 3.8) is 0 Å². The average Bonchev–Trinajstić information content (AvgIpc) is 3.24. The number of carbonyl (C=O) groups is 3. The van der Waals surface area contributed by atoms with E-state index in [0.717, 1.165) is 57.4 Å². The molecule has 0 unspecified atom stereocenters. The number of nitrogens with one attached hydrogen (secondary N) is 1. The van der Waals surface area contributed by atoms with Crippen LogP contribution in [0.1, 0.15) is 56.3 Å². The zero-order valence-corrected chi connectivity index (χ0v) is 17.3. The Morgan fingerprint density at radius 3 is 2.52 bits per heavy atom. The maximum Gasteiger partial charge on any atom is 0.253 e. The fraction of sp³-hybridized carbons (Fsp3) is 0.591. The van der Waals surface area contributed by atoms with E-state index in [0.29, 0.717) is 11.3 Å². The molecule has 0 radical (unpaired) electrons. The lowest BCUT2D eigenvalue weighted by molar-refractivity contribution is -0.125. The molecule has 3 amide bonds. The first kappa shape index (κ1) is 19.7. The molecule has 1 aromatic carbocycles. The third-order valence-corrected chi connectivity index (χ3v) is 6.02. The lowest BCUT2D eigenvalue weighted by atomic mass is 9.95. The Bertz CT molecular complexity index is 816. The summed E-state index contributed by atoms with van der Waals surface area (Å²) in [5.41, 5.74) is 2.21. The average molecular weight is 399 g/mol. The molecular weight excluding hydrogens is 368 g/mol. The van der Waals surface area contributed by atoms with E-state index in [1.165, 1.54) is 0 Å². The fourth-order valence-corrected chi connectivity index (χ4v) is 4.67. The number of hydrogen-bond donors (Lipinski definition) is 1. The minimum Gasteiger partial charge on any atom is -0.358 e. The van der Waals surface area contributed by atoms with Gasteiger partial charge in [0.25, 0.3) is 5.91 Å². The van der Waals surface area contributed by atoms with Crippen molar-refractivity contribution in [2.75, 3.05) is 36.0 Å². The van der Waals surface area contributed by atoms with Crippen molar-refractivity contribution in [1.29, 1.82) is 0 Å². The van der Waals surface area contributed by atoms with Crippen molar-refractivity contribution >= 4 is 29.1 Å². The molecule has 2 fully saturated rings. The number of piperidine rings is 1. The highest BCUT2D eigenvalue weighted by molar-refractivity contribution is 6.09. The molecule has 2 saturated heterocycles. The topological polar surface area (TPSA) is 73.0 Å². The Morgan fingerprint density at radius 2 is 1.79 bits per heavy atom. The number of likely N-dealkylation sites (tertiary alicyclic amines) is 1. The summed E-state index contributed by atoms with van der Waals surface area (Å²) in [6.45, 7) is 6.18. The van der Waals surface area contributed by atoms with Gasteiger partial charge in [-0.2, -0.15) is 0 Å². The predicted octanol–water partition coefficient (Wildman–Crippen LogP) is 2.15. The van der Waals surface area contributed by atoms with E-state index in [1.807, 2.05) is 30.9 Å². The van der Waals surface area contributed by atoms with E-state index in [-0.39, 0.29) is 36.3 Å². The van der Waals surface area contributed by atoms with Gasteiger partial charge in [0.2, 0.25) is 11.8 Å². The first-order valence-corrected chi connectivity index (χ1v) is 10.8. The molecule has 1 aromatic rings. The minimum atomic E-state index is -0.219. The number of hydrogen-bond acceptors (Lipinski definition) is 4. The second-order valence-corrected chi connectivity index (χ2v) is 8.55. The zero-order valence-electron chi connectivity index (χ0n) is 17.3. The van der Waals surface area contributed by atoms with Gasteiger partial charge in [-0.15, -0.1) is 0 Å². The summed E-state index contributed by atoms with van der Waals surface area (Å²) in [7, 11) is 0. The molecule has 0 aliphatic carbocycles. The highest BCUT2D eigenvalue weighted by atomic mass is 16.2. The molecule has 0 spiro atoms. The molecule has 29 heavy (non-hydrogen) atoms. The van der Waals surface area contributed by atoms with Crippen molar-refractivity contribution in [2.24, 2.45) is 0 Å². The summed E-state index contributed by atoms with van der Waals surface area (Å²) in [4.78, 5) is 44.3. The van der Waals surface area contributed by atoms with Crippen LogP contribution in [0, 0.1) is 0 Å². The third kappa shape index (κ3) is 3.82. The molecule has 0 aromatic heterocycles. The Balaban J connectivity index is 1.69. The van der Waals surface area contributed by atoms with Gasteiger partial charge in [-0.05, 0) is 64.2 Å². The van der Waals surface area contributed by atoms with E-state index in [9.17, 15) is 14.4 Å². The van der Waals surface area contributed by atoms with E-state index in [1.54, 1.807) is 11.0 Å². The number of rotatable bonds is 4. The van der Waals surface area contributed by atoms with Gasteiger partial charge in [-0.1, -0.05) is 0 Å². The first-order valence-electron chi connectivity index (χ1n) is 10.8. The smallest absolute Gasteiger partial charge is 0.253 e. The molecule has 7 nitrogen and oxygen atoms in total. The zero-order chi connectivity index (χ0) is 20.5. The highest BCUT2D eigenvalue weighted by Gasteiger charge is 2.40. The Labute approximate surface area is 172 Å². The van der Waals surface area contributed by atoms with E-state index in [4.69, 9.17) is 0 Å². The molecule has 4 rings (SSSR count). The lowest BCUT2D eigenvalue weighted by Crippen LogP contribution is -2.57. The lowest BCUT2D eigenvalue weighted by Gasteiger charge is -2.45. The van der Waals surface area contributed by atoms with Crippen LogP contribution in [0.5, 0.6) is 0 Å². The first-order chi connectivity index (χ1) is 14.0. The van der Waals surface area contributed by atoms with E-state index in [2.05, 4.69) is 10.2 Å². The number of benzene rings is 1. The van der Waals surface area contributed by atoms with Gasteiger partial charge in [0.1, 0.15) is 12.6 Å². The number of anilines is 2. The molecule has 0 saturated carbocycles. The van der Waals surface area contributed by atoms with Gasteiger partial charge >= 0.3 is 0 Å². The molecule has 3 aliphatic heterocycles. The summed E-state index contributed by atoms with van der Waals surface area (Å²) >= 11 is 0. The van der Waals surface area contributed by atoms with Gasteiger partial charge < -0.3 is 15.1 Å². The molecule has 3 aliphatic rings. The second kappa shape index (κ2) is 8.05. The third-order valence-electron chi connectivity index (χ3n) is 6.02. The van der Waals surface area contributed by atoms with Gasteiger partial charge in [0.15, 0.2) is 0 Å². The van der Waals surface area contributed by atoms with Crippen LogP contribution in [-0.2, 0) is 9.59 Å². The van der Waals surface area contributed by atoms with Gasteiger partial charge in [-0.3, -0.25) is 19.3 Å². The molecule has 1 N–H and O–H groups in total. The van der Waals surface area contributed by atoms with Crippen LogP contribution in [0.3, 0.4) is 0 Å². The van der Waals surface area contributed by atoms with E-state index >= 15 is 0 Å². The van der Waals surface area contributed by atoms with Crippen LogP contribution in [0.2, 0.25) is 0 Å². The van der Waals surface area contributed by atoms with Crippen molar-refractivity contribution in [3.05, 3.63) is 23.8 Å². The Hall–Kier alpha value is -2.57. The Morgan fingerprint density at radius 1 is 1.07 bits per heavy atom. The van der Waals surface area contributed by atoms with Crippen molar-refractivity contribution in [3.8, 4) is 0 Å². The summed E-state index contributed by atoms with van der Waals surface area (Å²) in [6.07, 6.45) is 4.93. The van der Waals surface area contributed by atoms with Crippen molar-refractivity contribution in [2.45, 2.75) is 58.0 Å². The maximum atomic E-state index is 13.3. The van der Waals surface area contributed by atoms with Crippen LogP contribution in [-0.4, -0.2) is 60.9 Å². The molecule has 156 valence electrons. The summed E-state index contributed by atoms with van der Waals surface area (Å²) < 4.78 is 0. The highest BCUT2D eigenvalue weighted by Crippen LogP contribution is 2.40. The quantitative estimate of drug-likeness (QED) is 0.844. The number of amides is 3. The molecule has 0 bridgehead atoms. The van der Waals surface area contributed by atoms with Crippen molar-refractivity contribution in [1.82, 2.24) is 10.2 Å². The van der Waals surface area contributed by atoms with Crippen LogP contribution < -0.4 is 15.1 Å². The fourth-order valence-electron chi connectivity index (χ4n) is 4.67. The predicted molar refractivity (Wildman–Crippen MR) is 112 cm³/mol. The summed E-state index contributed by atoms with van der Waals surface area (Å²) in [6, 6.07) is 5.42. The Kier molecular flexibility index (Phi) is 5.48. The standard InChI is InChI=1S/C22H30N4O3/c1-15(2)23-20(27)14-26-19-13-16(21(28)24-10-5-6-11-24)8-9-17(19)25-12-4-3-7-18(25)22(26)29/h8-9,13,15,18H,3-7,10-12,14H2,1-2H3,(H,23,27)/t18-/m1/s1. The maximum absolute atomic E-state index is 13.3. The summed E-state index contributed by atoms with van der Waals surface area (Å²) in [5.74, 6) is -0.216. The molecule has 3 heterocycles. The van der Waals surface area contributed by atoms with E-state index < -0.39 is 0 Å². The summed E-state index contributed by atoms with van der Waals surface area (Å²) in [5, 5.41) is 2.87. The van der Waals surface area contributed by atoms with Crippen LogP contribution in [0.4, 0.5) is 11.4 Å². The number of fused-ring (bicyclic) bond motifs is 3.